The van der Waals surface area contributed by atoms with Gasteiger partial charge in [0.25, 0.3) is 5.91 Å². The average molecular weight is 370 g/mol. The number of benzene rings is 2. The van der Waals surface area contributed by atoms with Crippen LogP contribution in [0.1, 0.15) is 22.3 Å². The number of hydrogen-bond donors (Lipinski definition) is 0. The van der Waals surface area contributed by atoms with Crippen molar-refractivity contribution in [3.8, 4) is 11.8 Å². The van der Waals surface area contributed by atoms with Gasteiger partial charge >= 0.3 is 5.97 Å². The third-order valence-corrected chi connectivity index (χ3v) is 3.82. The normalized spacial score (nSPS) is 10.0. The van der Waals surface area contributed by atoms with Crippen molar-refractivity contribution >= 4 is 17.6 Å². The van der Waals surface area contributed by atoms with Gasteiger partial charge in [-0.15, -0.1) is 0 Å². The lowest BCUT2D eigenvalue weighted by atomic mass is 10.2. The zero-order chi connectivity index (χ0) is 19.8. The van der Waals surface area contributed by atoms with Crippen molar-refractivity contribution in [3.05, 3.63) is 59.4 Å². The lowest BCUT2D eigenvalue weighted by Crippen LogP contribution is -2.35. The summed E-state index contributed by atoms with van der Waals surface area (Å²) < 4.78 is 23.8. The first-order chi connectivity index (χ1) is 13.0. The van der Waals surface area contributed by atoms with E-state index in [1.54, 1.807) is 12.1 Å². The molecule has 7 heteroatoms. The summed E-state index contributed by atoms with van der Waals surface area (Å²) in [6.07, 6.45) is 0.126. The van der Waals surface area contributed by atoms with E-state index in [0.29, 0.717) is 5.69 Å². The molecule has 2 aromatic carbocycles. The molecule has 6 nitrogen and oxygen atoms in total. The maximum Gasteiger partial charge on any atom is 0.341 e. The Morgan fingerprint density at radius 2 is 1.89 bits per heavy atom. The van der Waals surface area contributed by atoms with Gasteiger partial charge in [0.05, 0.1) is 25.2 Å². The molecule has 0 heterocycles. The Bertz CT molecular complexity index is 859. The zero-order valence-electron chi connectivity index (χ0n) is 15.1. The lowest BCUT2D eigenvalue weighted by Gasteiger charge is -2.22. The van der Waals surface area contributed by atoms with Crippen LogP contribution < -0.4 is 9.64 Å². The Kier molecular flexibility index (Phi) is 6.89. The highest BCUT2D eigenvalue weighted by Crippen LogP contribution is 2.18. The standard InChI is InChI=1S/C20H19FN2O4/c1-14-4-6-15(7-5-14)23(11-3-10-22)19(24)13-27-20(25)17-9-8-16(26-2)12-18(17)21/h4-9,12H,3,11,13H2,1-2H3. The number of rotatable bonds is 7. The van der Waals surface area contributed by atoms with Crippen LogP contribution in [0.25, 0.3) is 0 Å². The quantitative estimate of drug-likeness (QED) is 0.699. The molecule has 0 aliphatic heterocycles. The molecule has 0 radical (unpaired) electrons. The number of hydrogen-bond acceptors (Lipinski definition) is 5. The molecule has 0 saturated heterocycles. The van der Waals surface area contributed by atoms with Gasteiger partial charge in [0.1, 0.15) is 11.6 Å². The fourth-order valence-electron chi connectivity index (χ4n) is 2.36. The molecular formula is C20H19FN2O4. The summed E-state index contributed by atoms with van der Waals surface area (Å²) in [6.45, 7) is 1.51. The third-order valence-electron chi connectivity index (χ3n) is 3.82. The molecule has 0 spiro atoms. The molecule has 0 saturated carbocycles. The minimum atomic E-state index is -0.951. The number of carbonyl (C=O) groups is 2. The molecule has 2 rings (SSSR count). The number of amides is 1. The summed E-state index contributed by atoms with van der Waals surface area (Å²) in [5.41, 5.74) is 1.32. The topological polar surface area (TPSA) is 79.6 Å². The van der Waals surface area contributed by atoms with E-state index in [4.69, 9.17) is 14.7 Å². The highest BCUT2D eigenvalue weighted by molar-refractivity contribution is 5.97. The average Bonchev–Trinajstić information content (AvgIpc) is 2.67. The van der Waals surface area contributed by atoms with Gasteiger partial charge in [-0.3, -0.25) is 4.79 Å². The van der Waals surface area contributed by atoms with Gasteiger partial charge in [0.2, 0.25) is 0 Å². The van der Waals surface area contributed by atoms with Gasteiger partial charge < -0.3 is 14.4 Å². The molecule has 0 atom stereocenters. The van der Waals surface area contributed by atoms with Gasteiger partial charge in [-0.2, -0.15) is 5.26 Å². The fourth-order valence-corrected chi connectivity index (χ4v) is 2.36. The lowest BCUT2D eigenvalue weighted by molar-refractivity contribution is -0.121. The van der Waals surface area contributed by atoms with Crippen LogP contribution in [0, 0.1) is 24.1 Å². The van der Waals surface area contributed by atoms with Crippen LogP contribution in [0.4, 0.5) is 10.1 Å². The number of esters is 1. The molecule has 0 N–H and O–H groups in total. The van der Waals surface area contributed by atoms with Crippen molar-refractivity contribution in [1.29, 1.82) is 5.26 Å². The van der Waals surface area contributed by atoms with Crippen molar-refractivity contribution in [2.24, 2.45) is 0 Å². The van der Waals surface area contributed by atoms with Crippen LogP contribution in [0.2, 0.25) is 0 Å². The largest absolute Gasteiger partial charge is 0.497 e. The van der Waals surface area contributed by atoms with Crippen LogP contribution in [0.5, 0.6) is 5.75 Å². The first kappa shape index (κ1) is 19.9. The smallest absolute Gasteiger partial charge is 0.341 e. The first-order valence-electron chi connectivity index (χ1n) is 8.21. The summed E-state index contributed by atoms with van der Waals surface area (Å²) in [4.78, 5) is 25.9. The van der Waals surface area contributed by atoms with E-state index in [0.717, 1.165) is 11.6 Å². The number of aryl methyl sites for hydroxylation is 1. The number of carbonyl (C=O) groups excluding carboxylic acids is 2. The second kappa shape index (κ2) is 9.34. The fraction of sp³-hybridized carbons (Fsp3) is 0.250. The Morgan fingerprint density at radius 3 is 2.48 bits per heavy atom. The van der Waals surface area contributed by atoms with Crippen molar-refractivity contribution in [1.82, 2.24) is 0 Å². The maximum atomic E-state index is 13.9. The summed E-state index contributed by atoms with van der Waals surface area (Å²) in [5, 5.41) is 8.80. The van der Waals surface area contributed by atoms with Gasteiger partial charge in [0.15, 0.2) is 6.61 Å². The number of nitrogens with zero attached hydrogens (tertiary/aromatic N) is 2. The summed E-state index contributed by atoms with van der Waals surface area (Å²) in [5.74, 6) is -1.99. The molecule has 0 fully saturated rings. The van der Waals surface area contributed by atoms with E-state index in [-0.39, 0.29) is 24.3 Å². The number of halogens is 1. The molecular weight excluding hydrogens is 351 g/mol. The van der Waals surface area contributed by atoms with Crippen molar-refractivity contribution in [2.45, 2.75) is 13.3 Å². The minimum absolute atomic E-state index is 0.126. The van der Waals surface area contributed by atoms with E-state index in [2.05, 4.69) is 0 Å². The van der Waals surface area contributed by atoms with Gasteiger partial charge in [0, 0.05) is 18.3 Å². The maximum absolute atomic E-state index is 13.9. The van der Waals surface area contributed by atoms with Crippen LogP contribution in [-0.2, 0) is 9.53 Å². The van der Waals surface area contributed by atoms with Crippen molar-refractivity contribution < 1.29 is 23.5 Å². The molecule has 2 aromatic rings. The second-order valence-electron chi connectivity index (χ2n) is 5.71. The molecule has 0 aromatic heterocycles. The van der Waals surface area contributed by atoms with Crippen LogP contribution in [-0.4, -0.2) is 32.1 Å². The van der Waals surface area contributed by atoms with Crippen molar-refractivity contribution in [2.75, 3.05) is 25.2 Å². The summed E-state index contributed by atoms with van der Waals surface area (Å²) in [7, 11) is 1.38. The highest BCUT2D eigenvalue weighted by atomic mass is 19.1. The van der Waals surface area contributed by atoms with Crippen LogP contribution in [0.15, 0.2) is 42.5 Å². The zero-order valence-corrected chi connectivity index (χ0v) is 15.1. The van der Waals surface area contributed by atoms with Gasteiger partial charge in [-0.1, -0.05) is 17.7 Å². The summed E-state index contributed by atoms with van der Waals surface area (Å²) >= 11 is 0. The minimum Gasteiger partial charge on any atom is -0.497 e. The van der Waals surface area contributed by atoms with E-state index in [9.17, 15) is 14.0 Å². The molecule has 27 heavy (non-hydrogen) atoms. The highest BCUT2D eigenvalue weighted by Gasteiger charge is 2.20. The summed E-state index contributed by atoms with van der Waals surface area (Å²) in [6, 6.07) is 12.9. The number of ether oxygens (including phenoxy) is 2. The number of nitriles is 1. The van der Waals surface area contributed by atoms with Crippen LogP contribution in [0.3, 0.4) is 0 Å². The molecule has 0 aliphatic carbocycles. The van der Waals surface area contributed by atoms with Gasteiger partial charge in [-0.25, -0.2) is 9.18 Å². The predicted octanol–water partition coefficient (Wildman–Crippen LogP) is 3.25. The molecule has 140 valence electrons. The second-order valence-corrected chi connectivity index (χ2v) is 5.71. The SMILES string of the molecule is COc1ccc(C(=O)OCC(=O)N(CCC#N)c2ccc(C)cc2)c(F)c1. The Morgan fingerprint density at radius 1 is 1.19 bits per heavy atom. The molecule has 0 bridgehead atoms. The Hall–Kier alpha value is -3.40. The van der Waals surface area contributed by atoms with E-state index in [1.807, 2.05) is 25.1 Å². The number of methoxy groups -OCH3 is 1. The van der Waals surface area contributed by atoms with Gasteiger partial charge in [-0.05, 0) is 31.2 Å². The van der Waals surface area contributed by atoms with E-state index in [1.165, 1.54) is 24.1 Å². The molecule has 0 unspecified atom stereocenters. The monoisotopic (exact) mass is 370 g/mol. The Labute approximate surface area is 156 Å². The van der Waals surface area contributed by atoms with E-state index >= 15 is 0 Å². The first-order valence-corrected chi connectivity index (χ1v) is 8.21. The predicted molar refractivity (Wildman–Crippen MR) is 97.0 cm³/mol. The third kappa shape index (κ3) is 5.28. The van der Waals surface area contributed by atoms with E-state index < -0.39 is 24.3 Å². The Balaban J connectivity index is 2.07. The van der Waals surface area contributed by atoms with Crippen LogP contribution >= 0.6 is 0 Å². The number of anilines is 1. The molecule has 0 aliphatic rings. The van der Waals surface area contributed by atoms with Crippen molar-refractivity contribution in [3.63, 3.8) is 0 Å². The molecule has 1 amide bonds.